The molecule has 0 N–H and O–H groups in total. The average Bonchev–Trinajstić information content (AvgIpc) is 3.46. The topological polar surface area (TPSA) is 91.6 Å². The van der Waals surface area contributed by atoms with Crippen LogP contribution < -0.4 is 5.56 Å². The van der Waals surface area contributed by atoms with Crippen LogP contribution in [0.5, 0.6) is 0 Å². The molecule has 8 nitrogen and oxygen atoms in total. The first kappa shape index (κ1) is 21.0. The minimum absolute atomic E-state index is 0.145. The van der Waals surface area contributed by atoms with Crippen LogP contribution in [0.3, 0.4) is 0 Å². The maximum absolute atomic E-state index is 13.5. The van der Waals surface area contributed by atoms with E-state index in [9.17, 15) is 9.59 Å². The number of furan rings is 1. The summed E-state index contributed by atoms with van der Waals surface area (Å²) >= 11 is 1.40. The van der Waals surface area contributed by atoms with E-state index < -0.39 is 5.97 Å². The predicted octanol–water partition coefficient (Wildman–Crippen LogP) is 4.32. The van der Waals surface area contributed by atoms with Crippen LogP contribution in [0.15, 0.2) is 69.0 Å². The monoisotopic (exact) mass is 460 g/mol. The Morgan fingerprint density at radius 3 is 2.55 bits per heavy atom. The van der Waals surface area contributed by atoms with E-state index in [1.54, 1.807) is 16.7 Å². The number of hydrogen-bond donors (Lipinski definition) is 0. The van der Waals surface area contributed by atoms with Crippen LogP contribution in [0.2, 0.25) is 0 Å². The zero-order chi connectivity index (χ0) is 23.1. The molecule has 166 valence electrons. The Balaban J connectivity index is 1.67. The van der Waals surface area contributed by atoms with Crippen molar-refractivity contribution in [3.8, 4) is 5.69 Å². The van der Waals surface area contributed by atoms with Gasteiger partial charge in [0, 0.05) is 0 Å². The number of para-hydroxylation sites is 2. The summed E-state index contributed by atoms with van der Waals surface area (Å²) < 4.78 is 13.8. The molecule has 0 bridgehead atoms. The molecule has 0 atom stereocenters. The van der Waals surface area contributed by atoms with Gasteiger partial charge in [0.25, 0.3) is 5.56 Å². The van der Waals surface area contributed by atoms with Crippen molar-refractivity contribution < 1.29 is 13.9 Å². The van der Waals surface area contributed by atoms with Gasteiger partial charge in [-0.1, -0.05) is 42.1 Å². The van der Waals surface area contributed by atoms with Gasteiger partial charge in [-0.25, -0.2) is 9.36 Å². The number of carbonyl (C=O) groups is 1. The number of hydrogen-bond acceptors (Lipinski definition) is 7. The van der Waals surface area contributed by atoms with Gasteiger partial charge in [0.05, 0.1) is 29.5 Å². The molecule has 5 rings (SSSR count). The van der Waals surface area contributed by atoms with E-state index in [0.29, 0.717) is 27.8 Å². The highest BCUT2D eigenvalue weighted by Gasteiger charge is 2.20. The first-order valence-electron chi connectivity index (χ1n) is 10.2. The lowest BCUT2D eigenvalue weighted by Gasteiger charge is -2.15. The molecule has 0 spiro atoms. The van der Waals surface area contributed by atoms with E-state index >= 15 is 0 Å². The molecule has 0 radical (unpaired) electrons. The van der Waals surface area contributed by atoms with E-state index in [1.165, 1.54) is 18.9 Å². The first-order chi connectivity index (χ1) is 16.0. The number of aryl methyl sites for hydroxylation is 2. The van der Waals surface area contributed by atoms with Crippen molar-refractivity contribution in [2.45, 2.75) is 24.8 Å². The van der Waals surface area contributed by atoms with Crippen molar-refractivity contribution in [2.75, 3.05) is 7.11 Å². The quantitative estimate of drug-likeness (QED) is 0.285. The summed E-state index contributed by atoms with van der Waals surface area (Å²) in [5.41, 5.74) is 3.32. The number of ether oxygens (including phenoxy) is 1. The third-order valence-corrected chi connectivity index (χ3v) is 6.40. The van der Waals surface area contributed by atoms with Crippen molar-refractivity contribution >= 4 is 34.4 Å². The Kier molecular flexibility index (Phi) is 5.26. The third kappa shape index (κ3) is 3.50. The van der Waals surface area contributed by atoms with Crippen molar-refractivity contribution in [3.63, 3.8) is 0 Å². The number of aromatic nitrogens is 4. The zero-order valence-corrected chi connectivity index (χ0v) is 19.0. The molecule has 3 heterocycles. The molecule has 0 aliphatic heterocycles. The summed E-state index contributed by atoms with van der Waals surface area (Å²) in [5.74, 6) is 1.09. The van der Waals surface area contributed by atoms with Crippen molar-refractivity contribution in [2.24, 2.45) is 0 Å². The second-order valence-corrected chi connectivity index (χ2v) is 8.50. The standard InChI is InChI=1S/C24H20N4O4S/c1-14-7-6-8-15(2)20(14)28-21(29)17-9-4-5-10-18(17)27-23(28)25-26-24(27)33-13-16-11-12-19(32-16)22(30)31-3/h4-12H,13H2,1-3H3. The molecule has 0 aliphatic carbocycles. The fourth-order valence-electron chi connectivity index (χ4n) is 3.93. The lowest BCUT2D eigenvalue weighted by atomic mass is 10.1. The van der Waals surface area contributed by atoms with Crippen LogP contribution in [0.4, 0.5) is 0 Å². The van der Waals surface area contributed by atoms with Gasteiger partial charge >= 0.3 is 5.97 Å². The minimum Gasteiger partial charge on any atom is -0.463 e. The molecule has 0 unspecified atom stereocenters. The molecule has 3 aromatic heterocycles. The molecule has 33 heavy (non-hydrogen) atoms. The van der Waals surface area contributed by atoms with Gasteiger partial charge in [-0.15, -0.1) is 10.2 Å². The van der Waals surface area contributed by atoms with Crippen LogP contribution in [0, 0.1) is 13.8 Å². The van der Waals surface area contributed by atoms with E-state index in [2.05, 4.69) is 10.2 Å². The van der Waals surface area contributed by atoms with E-state index in [4.69, 9.17) is 9.15 Å². The number of rotatable bonds is 5. The number of benzene rings is 2. The zero-order valence-electron chi connectivity index (χ0n) is 18.2. The van der Waals surface area contributed by atoms with Gasteiger partial charge in [-0.3, -0.25) is 9.20 Å². The maximum atomic E-state index is 13.5. The second-order valence-electron chi connectivity index (χ2n) is 7.56. The summed E-state index contributed by atoms with van der Waals surface area (Å²) in [6.07, 6.45) is 0. The number of thioether (sulfide) groups is 1. The smallest absolute Gasteiger partial charge is 0.373 e. The number of nitrogens with zero attached hydrogens (tertiary/aromatic N) is 4. The van der Waals surface area contributed by atoms with Gasteiger partial charge in [-0.2, -0.15) is 0 Å². The van der Waals surface area contributed by atoms with Gasteiger partial charge < -0.3 is 9.15 Å². The normalized spacial score (nSPS) is 11.4. The van der Waals surface area contributed by atoms with Crippen LogP contribution in [-0.4, -0.2) is 32.2 Å². The maximum Gasteiger partial charge on any atom is 0.373 e. The predicted molar refractivity (Wildman–Crippen MR) is 125 cm³/mol. The van der Waals surface area contributed by atoms with Crippen molar-refractivity contribution in [1.29, 1.82) is 0 Å². The summed E-state index contributed by atoms with van der Waals surface area (Å²) in [6.45, 7) is 3.95. The van der Waals surface area contributed by atoms with Crippen LogP contribution >= 0.6 is 11.8 Å². The first-order valence-corrected chi connectivity index (χ1v) is 11.2. The SMILES string of the molecule is COC(=O)c1ccc(CSc2nnc3n(-c4c(C)cccc4C)c(=O)c4ccccc4n23)o1. The lowest BCUT2D eigenvalue weighted by Crippen LogP contribution is -2.23. The fraction of sp³-hybridized carbons (Fsp3) is 0.167. The summed E-state index contributed by atoms with van der Waals surface area (Å²) in [5, 5.41) is 9.96. The van der Waals surface area contributed by atoms with E-state index in [1.807, 2.05) is 60.7 Å². The lowest BCUT2D eigenvalue weighted by molar-refractivity contribution is 0.0563. The highest BCUT2D eigenvalue weighted by molar-refractivity contribution is 7.98. The number of methoxy groups -OCH3 is 1. The van der Waals surface area contributed by atoms with Gasteiger partial charge in [0.15, 0.2) is 5.16 Å². The summed E-state index contributed by atoms with van der Waals surface area (Å²) in [6, 6.07) is 16.6. The Morgan fingerprint density at radius 1 is 1.03 bits per heavy atom. The molecular formula is C24H20N4O4S. The van der Waals surface area contributed by atoms with Crippen molar-refractivity contribution in [3.05, 3.63) is 87.6 Å². The molecule has 2 aromatic carbocycles. The number of esters is 1. The number of carbonyl (C=O) groups excluding carboxylic acids is 1. The Bertz CT molecular complexity index is 1560. The van der Waals surface area contributed by atoms with Crippen LogP contribution in [0.25, 0.3) is 22.4 Å². The second kappa shape index (κ2) is 8.25. The largest absolute Gasteiger partial charge is 0.463 e. The fourth-order valence-corrected chi connectivity index (χ4v) is 4.77. The average molecular weight is 461 g/mol. The summed E-state index contributed by atoms with van der Waals surface area (Å²) in [4.78, 5) is 25.2. The number of fused-ring (bicyclic) bond motifs is 3. The van der Waals surface area contributed by atoms with Gasteiger partial charge in [0.2, 0.25) is 11.5 Å². The Labute approximate surface area is 192 Å². The third-order valence-electron chi connectivity index (χ3n) is 5.45. The van der Waals surface area contributed by atoms with Crippen molar-refractivity contribution in [1.82, 2.24) is 19.2 Å². The molecule has 0 fully saturated rings. The molecular weight excluding hydrogens is 440 g/mol. The molecule has 0 amide bonds. The molecule has 5 aromatic rings. The summed E-state index contributed by atoms with van der Waals surface area (Å²) in [7, 11) is 1.31. The minimum atomic E-state index is -0.525. The highest BCUT2D eigenvalue weighted by atomic mass is 32.2. The molecule has 9 heteroatoms. The van der Waals surface area contributed by atoms with E-state index in [-0.39, 0.29) is 11.3 Å². The molecule has 0 aliphatic rings. The van der Waals surface area contributed by atoms with Crippen LogP contribution in [0.1, 0.15) is 27.4 Å². The molecule has 0 saturated carbocycles. The van der Waals surface area contributed by atoms with Crippen LogP contribution in [-0.2, 0) is 10.5 Å². The Hall–Kier alpha value is -3.85. The Morgan fingerprint density at radius 2 is 1.79 bits per heavy atom. The molecule has 0 saturated heterocycles. The van der Waals surface area contributed by atoms with Gasteiger partial charge in [-0.05, 0) is 49.2 Å². The van der Waals surface area contributed by atoms with E-state index in [0.717, 1.165) is 22.3 Å². The highest BCUT2D eigenvalue weighted by Crippen LogP contribution is 2.28. The van der Waals surface area contributed by atoms with Gasteiger partial charge in [0.1, 0.15) is 5.76 Å².